The topological polar surface area (TPSA) is 62.3 Å². The number of alkyl halides is 3. The largest absolute Gasteiger partial charge is 0.573 e. The Morgan fingerprint density at radius 1 is 1.06 bits per heavy atom. The molecule has 1 aromatic heterocycles. The summed E-state index contributed by atoms with van der Waals surface area (Å²) in [6.45, 7) is 3.05. The van der Waals surface area contributed by atoms with Crippen molar-refractivity contribution in [3.8, 4) is 5.75 Å². The Kier molecular flexibility index (Phi) is 6.98. The van der Waals surface area contributed by atoms with Gasteiger partial charge in [-0.2, -0.15) is 4.98 Å². The molecular formula is C22H27F4N5O. The summed E-state index contributed by atoms with van der Waals surface area (Å²) in [6, 6.07) is 6.50. The van der Waals surface area contributed by atoms with E-state index in [9.17, 15) is 17.6 Å². The lowest BCUT2D eigenvalue weighted by Crippen LogP contribution is -2.46. The Balaban J connectivity index is 1.30. The standard InChI is InChI=1S/C22H27F4N5O/c23-18-14-29-21(28-13-16-4-1-2-5-19(16)32-22(24,25)26)30-20(18)27-12-15-6-8-17(9-7-15)31-10-3-11-31/h1-2,4-5,14-15,17H,3,6-13H2,(H2,27,28,29,30). The molecule has 2 heterocycles. The Bertz CT molecular complexity index is 898. The Labute approximate surface area is 184 Å². The third-order valence-electron chi connectivity index (χ3n) is 6.16. The van der Waals surface area contributed by atoms with Crippen LogP contribution in [0.4, 0.5) is 29.3 Å². The first-order valence-electron chi connectivity index (χ1n) is 11.0. The number of anilines is 2. The molecule has 0 spiro atoms. The second-order valence-corrected chi connectivity index (χ2v) is 8.34. The number of hydrogen-bond donors (Lipinski definition) is 2. The van der Waals surface area contributed by atoms with Crippen molar-refractivity contribution in [2.45, 2.75) is 51.1 Å². The summed E-state index contributed by atoms with van der Waals surface area (Å²) < 4.78 is 56.0. The van der Waals surface area contributed by atoms with E-state index >= 15 is 0 Å². The predicted octanol–water partition coefficient (Wildman–Crippen LogP) is 4.80. The van der Waals surface area contributed by atoms with Crippen LogP contribution < -0.4 is 15.4 Å². The zero-order chi connectivity index (χ0) is 22.6. The molecule has 32 heavy (non-hydrogen) atoms. The molecule has 0 radical (unpaired) electrons. The summed E-state index contributed by atoms with van der Waals surface area (Å²) in [5.74, 6) is -0.193. The molecule has 2 aliphatic rings. The van der Waals surface area contributed by atoms with E-state index in [-0.39, 0.29) is 29.6 Å². The highest BCUT2D eigenvalue weighted by Gasteiger charge is 2.32. The van der Waals surface area contributed by atoms with Gasteiger partial charge < -0.3 is 20.3 Å². The highest BCUT2D eigenvalue weighted by atomic mass is 19.4. The number of para-hydroxylation sites is 1. The van der Waals surface area contributed by atoms with Gasteiger partial charge in [0.1, 0.15) is 5.75 Å². The molecule has 1 saturated carbocycles. The van der Waals surface area contributed by atoms with Crippen LogP contribution in [0.15, 0.2) is 30.5 Å². The summed E-state index contributed by atoms with van der Waals surface area (Å²) in [5, 5.41) is 5.92. The quantitative estimate of drug-likeness (QED) is 0.560. The third-order valence-corrected chi connectivity index (χ3v) is 6.16. The van der Waals surface area contributed by atoms with E-state index in [0.717, 1.165) is 19.0 Å². The lowest BCUT2D eigenvalue weighted by Gasteiger charge is -2.42. The highest BCUT2D eigenvalue weighted by Crippen LogP contribution is 2.30. The number of nitrogens with zero attached hydrogens (tertiary/aromatic N) is 3. The summed E-state index contributed by atoms with van der Waals surface area (Å²) in [6.07, 6.45) is 2.11. The van der Waals surface area contributed by atoms with Gasteiger partial charge in [0.05, 0.1) is 6.20 Å². The minimum absolute atomic E-state index is 0.00214. The number of likely N-dealkylation sites (tertiary alicyclic amines) is 1. The molecule has 4 rings (SSSR count). The first-order chi connectivity index (χ1) is 15.4. The van der Waals surface area contributed by atoms with E-state index in [0.29, 0.717) is 18.5 Å². The van der Waals surface area contributed by atoms with Gasteiger partial charge >= 0.3 is 6.36 Å². The van der Waals surface area contributed by atoms with Gasteiger partial charge in [0, 0.05) is 24.7 Å². The molecule has 1 aromatic carbocycles. The van der Waals surface area contributed by atoms with Crippen molar-refractivity contribution >= 4 is 11.8 Å². The van der Waals surface area contributed by atoms with Gasteiger partial charge in [0.25, 0.3) is 0 Å². The van der Waals surface area contributed by atoms with Crippen molar-refractivity contribution in [1.29, 1.82) is 0 Å². The van der Waals surface area contributed by atoms with Crippen LogP contribution in [0.5, 0.6) is 5.75 Å². The number of halogens is 4. The van der Waals surface area contributed by atoms with E-state index < -0.39 is 12.2 Å². The van der Waals surface area contributed by atoms with Crippen LogP contribution in [0.25, 0.3) is 0 Å². The molecule has 10 heteroatoms. The molecule has 2 N–H and O–H groups in total. The fraction of sp³-hybridized carbons (Fsp3) is 0.545. The zero-order valence-electron chi connectivity index (χ0n) is 17.7. The second-order valence-electron chi connectivity index (χ2n) is 8.34. The van der Waals surface area contributed by atoms with E-state index in [2.05, 4.69) is 30.2 Å². The Hall–Kier alpha value is -2.62. The molecule has 0 unspecified atom stereocenters. The molecule has 1 aliphatic carbocycles. The van der Waals surface area contributed by atoms with Gasteiger partial charge in [-0.05, 0) is 57.2 Å². The Morgan fingerprint density at radius 2 is 1.81 bits per heavy atom. The molecule has 2 aromatic rings. The van der Waals surface area contributed by atoms with Crippen LogP contribution in [-0.4, -0.2) is 46.9 Å². The second kappa shape index (κ2) is 9.89. The van der Waals surface area contributed by atoms with Gasteiger partial charge in [0.15, 0.2) is 11.6 Å². The normalized spacial score (nSPS) is 21.6. The van der Waals surface area contributed by atoms with E-state index in [1.807, 2.05) is 0 Å². The number of nitrogens with one attached hydrogen (secondary N) is 2. The number of benzene rings is 1. The van der Waals surface area contributed by atoms with E-state index in [1.165, 1.54) is 50.6 Å². The fourth-order valence-corrected chi connectivity index (χ4v) is 4.29. The fourth-order valence-electron chi connectivity index (χ4n) is 4.29. The predicted molar refractivity (Wildman–Crippen MR) is 113 cm³/mol. The van der Waals surface area contributed by atoms with Crippen LogP contribution in [0.2, 0.25) is 0 Å². The van der Waals surface area contributed by atoms with Gasteiger partial charge in [-0.3, -0.25) is 0 Å². The molecule has 6 nitrogen and oxygen atoms in total. The molecule has 174 valence electrons. The minimum atomic E-state index is -4.78. The molecule has 0 atom stereocenters. The minimum Gasteiger partial charge on any atom is -0.405 e. The van der Waals surface area contributed by atoms with Gasteiger partial charge in [-0.15, -0.1) is 13.2 Å². The summed E-state index contributed by atoms with van der Waals surface area (Å²) in [5.41, 5.74) is 0.284. The van der Waals surface area contributed by atoms with Crippen molar-refractivity contribution in [2.75, 3.05) is 30.3 Å². The van der Waals surface area contributed by atoms with Crippen LogP contribution in [0.1, 0.15) is 37.7 Å². The van der Waals surface area contributed by atoms with Crippen LogP contribution >= 0.6 is 0 Å². The molecule has 1 saturated heterocycles. The molecule has 0 bridgehead atoms. The van der Waals surface area contributed by atoms with Crippen LogP contribution in [-0.2, 0) is 6.54 Å². The van der Waals surface area contributed by atoms with E-state index in [1.54, 1.807) is 6.07 Å². The average molecular weight is 453 g/mol. The van der Waals surface area contributed by atoms with Crippen LogP contribution in [0.3, 0.4) is 0 Å². The summed E-state index contributed by atoms with van der Waals surface area (Å²) in [7, 11) is 0. The van der Waals surface area contributed by atoms with Crippen molar-refractivity contribution in [3.63, 3.8) is 0 Å². The highest BCUT2D eigenvalue weighted by molar-refractivity contribution is 5.42. The Morgan fingerprint density at radius 3 is 2.50 bits per heavy atom. The number of rotatable bonds is 8. The van der Waals surface area contributed by atoms with Crippen molar-refractivity contribution in [2.24, 2.45) is 5.92 Å². The number of ether oxygens (including phenoxy) is 1. The summed E-state index contributed by atoms with van der Waals surface area (Å²) in [4.78, 5) is 10.6. The molecular weight excluding hydrogens is 426 g/mol. The zero-order valence-corrected chi connectivity index (χ0v) is 17.7. The molecule has 0 amide bonds. The summed E-state index contributed by atoms with van der Waals surface area (Å²) >= 11 is 0. The first kappa shape index (κ1) is 22.6. The van der Waals surface area contributed by atoms with E-state index in [4.69, 9.17) is 0 Å². The molecule has 1 aliphatic heterocycles. The van der Waals surface area contributed by atoms with Crippen molar-refractivity contribution in [1.82, 2.24) is 14.9 Å². The maximum Gasteiger partial charge on any atom is 0.573 e. The first-order valence-corrected chi connectivity index (χ1v) is 11.0. The van der Waals surface area contributed by atoms with Gasteiger partial charge in [-0.1, -0.05) is 18.2 Å². The van der Waals surface area contributed by atoms with Crippen molar-refractivity contribution in [3.05, 3.63) is 41.8 Å². The maximum atomic E-state index is 14.2. The van der Waals surface area contributed by atoms with Gasteiger partial charge in [-0.25, -0.2) is 9.37 Å². The van der Waals surface area contributed by atoms with Crippen molar-refractivity contribution < 1.29 is 22.3 Å². The van der Waals surface area contributed by atoms with Gasteiger partial charge in [0.2, 0.25) is 5.95 Å². The maximum absolute atomic E-state index is 14.2. The monoisotopic (exact) mass is 453 g/mol. The number of aromatic nitrogens is 2. The average Bonchev–Trinajstić information content (AvgIpc) is 2.72. The molecule has 2 fully saturated rings. The third kappa shape index (κ3) is 5.99. The lowest BCUT2D eigenvalue weighted by atomic mass is 9.84. The number of hydrogen-bond acceptors (Lipinski definition) is 6. The van der Waals surface area contributed by atoms with Crippen LogP contribution in [0, 0.1) is 11.7 Å². The SMILES string of the molecule is Fc1cnc(NCc2ccccc2OC(F)(F)F)nc1NCC1CCC(N2CCC2)CC1. The lowest BCUT2D eigenvalue weighted by molar-refractivity contribution is -0.274. The smallest absolute Gasteiger partial charge is 0.405 e.